The molecule has 0 heterocycles. The maximum absolute atomic E-state index is 12.8. The number of carbonyl (C=O) groups excluding carboxylic acids is 1. The molecule has 1 N–H and O–H groups in total. The molecule has 1 amide bonds. The second-order valence-corrected chi connectivity index (χ2v) is 6.38. The summed E-state index contributed by atoms with van der Waals surface area (Å²) in [6.45, 7) is 0.376. The van der Waals surface area contributed by atoms with Crippen LogP contribution in [0.2, 0.25) is 0 Å². The van der Waals surface area contributed by atoms with E-state index in [2.05, 4.69) is 17.4 Å². The van der Waals surface area contributed by atoms with E-state index in [0.717, 1.165) is 30.4 Å². The Morgan fingerprint density at radius 3 is 2.46 bits per heavy atom. The first-order valence-electron chi connectivity index (χ1n) is 8.82. The Hall–Kier alpha value is -2.69. The summed E-state index contributed by atoms with van der Waals surface area (Å²) < 4.78 is 16.1. The summed E-state index contributed by atoms with van der Waals surface area (Å²) >= 11 is 0. The van der Waals surface area contributed by atoms with Crippen LogP contribution in [0, 0.1) is 0 Å². The van der Waals surface area contributed by atoms with Crippen molar-refractivity contribution >= 4 is 5.91 Å². The number of amides is 1. The average molecular weight is 355 g/mol. The third kappa shape index (κ3) is 3.62. The Morgan fingerprint density at radius 2 is 1.73 bits per heavy atom. The van der Waals surface area contributed by atoms with Crippen LogP contribution < -0.4 is 19.5 Å². The number of hydrogen-bond donors (Lipinski definition) is 1. The van der Waals surface area contributed by atoms with Crippen LogP contribution >= 0.6 is 0 Å². The molecule has 3 rings (SSSR count). The second kappa shape index (κ2) is 8.13. The predicted molar refractivity (Wildman–Crippen MR) is 100 cm³/mol. The molecule has 0 saturated carbocycles. The number of aryl methyl sites for hydroxylation is 1. The fourth-order valence-corrected chi connectivity index (χ4v) is 3.56. The standard InChI is InChI=1S/C21H25NO4/c1-24-18-12-20(26-3)19(25-2)11-15(18)13-22-21(23)17-10-6-8-14-7-4-5-9-16(14)17/h4-5,7,9,11-12,17H,6,8,10,13H2,1-3H3,(H,22,23). The molecule has 2 aromatic rings. The molecule has 1 unspecified atom stereocenters. The zero-order chi connectivity index (χ0) is 18.5. The van der Waals surface area contributed by atoms with Crippen molar-refractivity contribution in [3.05, 3.63) is 53.1 Å². The maximum atomic E-state index is 12.8. The van der Waals surface area contributed by atoms with E-state index in [-0.39, 0.29) is 11.8 Å². The highest BCUT2D eigenvalue weighted by molar-refractivity contribution is 5.84. The number of nitrogens with one attached hydrogen (secondary N) is 1. The van der Waals surface area contributed by atoms with Crippen LogP contribution in [0.5, 0.6) is 17.2 Å². The van der Waals surface area contributed by atoms with Crippen molar-refractivity contribution in [3.8, 4) is 17.2 Å². The van der Waals surface area contributed by atoms with Crippen LogP contribution in [0.4, 0.5) is 0 Å². The zero-order valence-electron chi connectivity index (χ0n) is 15.5. The Labute approximate surface area is 154 Å². The normalized spacial score (nSPS) is 15.7. The van der Waals surface area contributed by atoms with Gasteiger partial charge in [0, 0.05) is 18.2 Å². The summed E-state index contributed by atoms with van der Waals surface area (Å²) in [6.07, 6.45) is 2.96. The molecule has 0 bridgehead atoms. The largest absolute Gasteiger partial charge is 0.496 e. The second-order valence-electron chi connectivity index (χ2n) is 6.38. The van der Waals surface area contributed by atoms with E-state index in [9.17, 15) is 4.79 Å². The fraction of sp³-hybridized carbons (Fsp3) is 0.381. The molecule has 0 saturated heterocycles. The fourth-order valence-electron chi connectivity index (χ4n) is 3.56. The minimum Gasteiger partial charge on any atom is -0.496 e. The van der Waals surface area contributed by atoms with Gasteiger partial charge in [-0.25, -0.2) is 0 Å². The van der Waals surface area contributed by atoms with E-state index >= 15 is 0 Å². The highest BCUT2D eigenvalue weighted by atomic mass is 16.5. The molecular formula is C21H25NO4. The number of carbonyl (C=O) groups is 1. The first kappa shape index (κ1) is 18.1. The SMILES string of the molecule is COc1cc(OC)c(OC)cc1CNC(=O)C1CCCc2ccccc21. The molecule has 0 fully saturated rings. The number of benzene rings is 2. The number of hydrogen-bond acceptors (Lipinski definition) is 4. The Balaban J connectivity index is 1.76. The van der Waals surface area contributed by atoms with Gasteiger partial charge < -0.3 is 19.5 Å². The summed E-state index contributed by atoms with van der Waals surface area (Å²) in [6, 6.07) is 11.8. The smallest absolute Gasteiger partial charge is 0.227 e. The van der Waals surface area contributed by atoms with Crippen molar-refractivity contribution in [1.29, 1.82) is 0 Å². The van der Waals surface area contributed by atoms with E-state index in [1.807, 2.05) is 18.2 Å². The molecule has 0 aromatic heterocycles. The Kier molecular flexibility index (Phi) is 5.66. The van der Waals surface area contributed by atoms with Gasteiger partial charge in [-0.1, -0.05) is 24.3 Å². The van der Waals surface area contributed by atoms with E-state index < -0.39 is 0 Å². The van der Waals surface area contributed by atoms with E-state index in [4.69, 9.17) is 14.2 Å². The lowest BCUT2D eigenvalue weighted by Gasteiger charge is -2.25. The van der Waals surface area contributed by atoms with Gasteiger partial charge in [0.05, 0.1) is 27.2 Å². The molecule has 5 heteroatoms. The van der Waals surface area contributed by atoms with E-state index in [1.54, 1.807) is 27.4 Å². The minimum atomic E-state index is -0.0916. The molecular weight excluding hydrogens is 330 g/mol. The third-order valence-electron chi connectivity index (χ3n) is 4.93. The molecule has 0 radical (unpaired) electrons. The number of fused-ring (bicyclic) bond motifs is 1. The first-order valence-corrected chi connectivity index (χ1v) is 8.82. The van der Waals surface area contributed by atoms with E-state index in [1.165, 1.54) is 5.56 Å². The predicted octanol–water partition coefficient (Wildman–Crippen LogP) is 3.45. The molecule has 0 spiro atoms. The minimum absolute atomic E-state index is 0.0500. The lowest BCUT2D eigenvalue weighted by Crippen LogP contribution is -2.31. The van der Waals surface area contributed by atoms with E-state index in [0.29, 0.717) is 23.8 Å². The lowest BCUT2D eigenvalue weighted by atomic mass is 9.82. The van der Waals surface area contributed by atoms with Gasteiger partial charge in [0.2, 0.25) is 5.91 Å². The topological polar surface area (TPSA) is 56.8 Å². The van der Waals surface area contributed by atoms with Crippen molar-refractivity contribution in [2.75, 3.05) is 21.3 Å². The summed E-state index contributed by atoms with van der Waals surface area (Å²) in [7, 11) is 4.77. The zero-order valence-corrected chi connectivity index (χ0v) is 15.5. The van der Waals surface area contributed by atoms with Crippen LogP contribution in [-0.2, 0) is 17.8 Å². The number of rotatable bonds is 6. The average Bonchev–Trinajstić information content (AvgIpc) is 2.70. The lowest BCUT2D eigenvalue weighted by molar-refractivity contribution is -0.123. The highest BCUT2D eigenvalue weighted by Gasteiger charge is 2.26. The Bertz CT molecular complexity index is 788. The van der Waals surface area contributed by atoms with Crippen molar-refractivity contribution < 1.29 is 19.0 Å². The summed E-state index contributed by atoms with van der Waals surface area (Å²) in [4.78, 5) is 12.8. The summed E-state index contributed by atoms with van der Waals surface area (Å²) in [5, 5.41) is 3.06. The molecule has 5 nitrogen and oxygen atoms in total. The van der Waals surface area contributed by atoms with Gasteiger partial charge in [-0.2, -0.15) is 0 Å². The number of methoxy groups -OCH3 is 3. The van der Waals surface area contributed by atoms with Crippen LogP contribution in [0.15, 0.2) is 36.4 Å². The van der Waals surface area contributed by atoms with Crippen molar-refractivity contribution in [2.24, 2.45) is 0 Å². The molecule has 0 aliphatic heterocycles. The maximum Gasteiger partial charge on any atom is 0.227 e. The summed E-state index contributed by atoms with van der Waals surface area (Å²) in [5.41, 5.74) is 3.28. The van der Waals surface area contributed by atoms with Gasteiger partial charge >= 0.3 is 0 Å². The third-order valence-corrected chi connectivity index (χ3v) is 4.93. The molecule has 2 aromatic carbocycles. The quantitative estimate of drug-likeness (QED) is 0.862. The van der Waals surface area contributed by atoms with Gasteiger partial charge in [0.15, 0.2) is 11.5 Å². The molecule has 138 valence electrons. The monoisotopic (exact) mass is 355 g/mol. The van der Waals surface area contributed by atoms with Gasteiger partial charge in [-0.05, 0) is 36.5 Å². The van der Waals surface area contributed by atoms with Gasteiger partial charge in [-0.15, -0.1) is 0 Å². The molecule has 1 aliphatic carbocycles. The van der Waals surface area contributed by atoms with Crippen LogP contribution in [-0.4, -0.2) is 27.2 Å². The van der Waals surface area contributed by atoms with Crippen LogP contribution in [0.25, 0.3) is 0 Å². The first-order chi connectivity index (χ1) is 12.7. The van der Waals surface area contributed by atoms with Crippen molar-refractivity contribution in [2.45, 2.75) is 31.7 Å². The van der Waals surface area contributed by atoms with Gasteiger partial charge in [0.1, 0.15) is 5.75 Å². The molecule has 1 atom stereocenters. The van der Waals surface area contributed by atoms with Crippen LogP contribution in [0.1, 0.15) is 35.4 Å². The van der Waals surface area contributed by atoms with Crippen molar-refractivity contribution in [1.82, 2.24) is 5.32 Å². The number of ether oxygens (including phenoxy) is 3. The van der Waals surface area contributed by atoms with Gasteiger partial charge in [-0.3, -0.25) is 4.79 Å². The molecule has 1 aliphatic rings. The van der Waals surface area contributed by atoms with Crippen LogP contribution in [0.3, 0.4) is 0 Å². The Morgan fingerprint density at radius 1 is 1.04 bits per heavy atom. The van der Waals surface area contributed by atoms with Crippen molar-refractivity contribution in [3.63, 3.8) is 0 Å². The highest BCUT2D eigenvalue weighted by Crippen LogP contribution is 2.35. The summed E-state index contributed by atoms with van der Waals surface area (Å²) in [5.74, 6) is 1.83. The van der Waals surface area contributed by atoms with Gasteiger partial charge in [0.25, 0.3) is 0 Å². The molecule has 26 heavy (non-hydrogen) atoms.